The molecule has 1 saturated heterocycles. The monoisotopic (exact) mass is 378 g/mol. The summed E-state index contributed by atoms with van der Waals surface area (Å²) in [7, 11) is 0. The molecule has 25 heavy (non-hydrogen) atoms. The van der Waals surface area contributed by atoms with Crippen molar-refractivity contribution >= 4 is 23.2 Å². The zero-order chi connectivity index (χ0) is 17.6. The normalized spacial score (nSPS) is 17.1. The van der Waals surface area contributed by atoms with Gasteiger partial charge >= 0.3 is 0 Å². The number of ether oxygens (including phenoxy) is 1. The van der Waals surface area contributed by atoms with Gasteiger partial charge in [-0.25, -0.2) is 0 Å². The highest BCUT2D eigenvalue weighted by Crippen LogP contribution is 2.37. The van der Waals surface area contributed by atoms with Crippen molar-refractivity contribution in [1.82, 2.24) is 10.2 Å². The molecule has 0 spiro atoms. The molecule has 0 aromatic heterocycles. The first-order chi connectivity index (χ1) is 12.2. The fraction of sp³-hybridized carbons (Fsp3) is 0.400. The van der Waals surface area contributed by atoms with E-state index in [4.69, 9.17) is 27.9 Å². The predicted molar refractivity (Wildman–Crippen MR) is 105 cm³/mol. The van der Waals surface area contributed by atoms with Crippen LogP contribution >= 0.6 is 23.2 Å². The van der Waals surface area contributed by atoms with Crippen LogP contribution in [0.15, 0.2) is 42.5 Å². The SMILES string of the molecule is CCOc1ccccc1C(c1ccc(Cl)c(Cl)c1)N1CCCNCC1. The lowest BCUT2D eigenvalue weighted by Crippen LogP contribution is -2.33. The zero-order valence-corrected chi connectivity index (χ0v) is 16.0. The smallest absolute Gasteiger partial charge is 0.124 e. The van der Waals surface area contributed by atoms with E-state index in [1.165, 1.54) is 5.56 Å². The largest absolute Gasteiger partial charge is 0.494 e. The summed E-state index contributed by atoms with van der Waals surface area (Å²) in [6.45, 7) is 6.70. The molecule has 134 valence electrons. The van der Waals surface area contributed by atoms with Crippen LogP contribution in [0.5, 0.6) is 5.75 Å². The van der Waals surface area contributed by atoms with E-state index in [1.807, 2.05) is 31.2 Å². The van der Waals surface area contributed by atoms with Gasteiger partial charge in [-0.3, -0.25) is 4.90 Å². The Morgan fingerprint density at radius 1 is 1.08 bits per heavy atom. The topological polar surface area (TPSA) is 24.5 Å². The second-order valence-electron chi connectivity index (χ2n) is 6.19. The quantitative estimate of drug-likeness (QED) is 0.810. The summed E-state index contributed by atoms with van der Waals surface area (Å²) >= 11 is 12.5. The van der Waals surface area contributed by atoms with Crippen molar-refractivity contribution in [3.8, 4) is 5.75 Å². The molecular weight excluding hydrogens is 355 g/mol. The van der Waals surface area contributed by atoms with Gasteiger partial charge in [-0.05, 0) is 43.7 Å². The van der Waals surface area contributed by atoms with E-state index in [2.05, 4.69) is 28.4 Å². The minimum absolute atomic E-state index is 0.0948. The van der Waals surface area contributed by atoms with Gasteiger partial charge in [0.2, 0.25) is 0 Å². The third-order valence-electron chi connectivity index (χ3n) is 4.51. The van der Waals surface area contributed by atoms with Crippen molar-refractivity contribution < 1.29 is 4.74 Å². The minimum Gasteiger partial charge on any atom is -0.494 e. The second-order valence-corrected chi connectivity index (χ2v) is 7.00. The van der Waals surface area contributed by atoms with Crippen molar-refractivity contribution in [3.63, 3.8) is 0 Å². The van der Waals surface area contributed by atoms with Crippen molar-refractivity contribution in [3.05, 3.63) is 63.6 Å². The summed E-state index contributed by atoms with van der Waals surface area (Å²) in [6.07, 6.45) is 1.12. The van der Waals surface area contributed by atoms with Crippen molar-refractivity contribution in [2.24, 2.45) is 0 Å². The molecule has 3 nitrogen and oxygen atoms in total. The molecule has 0 amide bonds. The molecule has 3 rings (SSSR count). The van der Waals surface area contributed by atoms with Gasteiger partial charge in [-0.1, -0.05) is 47.5 Å². The van der Waals surface area contributed by atoms with E-state index in [1.54, 1.807) is 0 Å². The first kappa shape index (κ1) is 18.5. The molecule has 0 aliphatic carbocycles. The summed E-state index contributed by atoms with van der Waals surface area (Å²) in [5.41, 5.74) is 2.31. The first-order valence-electron chi connectivity index (χ1n) is 8.82. The van der Waals surface area contributed by atoms with Crippen molar-refractivity contribution in [2.75, 3.05) is 32.8 Å². The number of rotatable bonds is 5. The Morgan fingerprint density at radius 2 is 1.92 bits per heavy atom. The first-order valence-corrected chi connectivity index (χ1v) is 9.57. The fourth-order valence-corrected chi connectivity index (χ4v) is 3.69. The molecule has 1 atom stereocenters. The number of hydrogen-bond donors (Lipinski definition) is 1. The molecule has 2 aromatic rings. The van der Waals surface area contributed by atoms with Crippen LogP contribution in [0.25, 0.3) is 0 Å². The Labute approximate surface area is 159 Å². The highest BCUT2D eigenvalue weighted by atomic mass is 35.5. The maximum Gasteiger partial charge on any atom is 0.124 e. The molecule has 1 fully saturated rings. The van der Waals surface area contributed by atoms with Crippen molar-refractivity contribution in [2.45, 2.75) is 19.4 Å². The standard InChI is InChI=1S/C20H24Cl2N2O/c1-2-25-19-7-4-3-6-16(19)20(24-12-5-10-23-11-13-24)15-8-9-17(21)18(22)14-15/h3-4,6-9,14,20,23H,2,5,10-13H2,1H3. The molecule has 0 bridgehead atoms. The Bertz CT molecular complexity index is 700. The molecule has 1 N–H and O–H groups in total. The molecule has 2 aromatic carbocycles. The number of nitrogens with one attached hydrogen (secondary N) is 1. The molecular formula is C20H24Cl2N2O. The number of nitrogens with zero attached hydrogens (tertiary/aromatic N) is 1. The molecule has 1 unspecified atom stereocenters. The second kappa shape index (κ2) is 8.91. The third-order valence-corrected chi connectivity index (χ3v) is 5.25. The van der Waals surface area contributed by atoms with Gasteiger partial charge in [0.05, 0.1) is 22.7 Å². The number of halogens is 2. The Hall–Kier alpha value is -1.26. The van der Waals surface area contributed by atoms with E-state index < -0.39 is 0 Å². The summed E-state index contributed by atoms with van der Waals surface area (Å²) in [6, 6.07) is 14.3. The summed E-state index contributed by atoms with van der Waals surface area (Å²) in [5, 5.41) is 4.65. The van der Waals surface area contributed by atoms with Gasteiger partial charge in [0.15, 0.2) is 0 Å². The average Bonchev–Trinajstić information content (AvgIpc) is 2.89. The predicted octanol–water partition coefficient (Wildman–Crippen LogP) is 4.78. The van der Waals surface area contributed by atoms with Crippen LogP contribution in [0.3, 0.4) is 0 Å². The lowest BCUT2D eigenvalue weighted by molar-refractivity contribution is 0.233. The van der Waals surface area contributed by atoms with Crippen LogP contribution < -0.4 is 10.1 Å². The molecule has 1 aliphatic rings. The molecule has 1 aliphatic heterocycles. The van der Waals surface area contributed by atoms with Gasteiger partial charge < -0.3 is 10.1 Å². The fourth-order valence-electron chi connectivity index (χ4n) is 3.39. The molecule has 1 heterocycles. The van der Waals surface area contributed by atoms with Crippen LogP contribution in [0.2, 0.25) is 10.0 Å². The van der Waals surface area contributed by atoms with Gasteiger partial charge in [0.25, 0.3) is 0 Å². The highest BCUT2D eigenvalue weighted by molar-refractivity contribution is 6.42. The maximum absolute atomic E-state index is 6.32. The van der Waals surface area contributed by atoms with Crippen molar-refractivity contribution in [1.29, 1.82) is 0 Å². The van der Waals surface area contributed by atoms with Gasteiger partial charge in [0, 0.05) is 25.2 Å². The zero-order valence-electron chi connectivity index (χ0n) is 14.5. The third kappa shape index (κ3) is 4.48. The molecule has 0 saturated carbocycles. The lowest BCUT2D eigenvalue weighted by Gasteiger charge is -2.32. The Morgan fingerprint density at radius 3 is 2.72 bits per heavy atom. The van der Waals surface area contributed by atoms with Crippen LogP contribution in [0.1, 0.15) is 30.5 Å². The average molecular weight is 379 g/mol. The molecule has 5 heteroatoms. The van der Waals surface area contributed by atoms with Gasteiger partial charge in [-0.15, -0.1) is 0 Å². The lowest BCUT2D eigenvalue weighted by atomic mass is 9.96. The number of para-hydroxylation sites is 1. The summed E-state index contributed by atoms with van der Waals surface area (Å²) < 4.78 is 5.91. The number of benzene rings is 2. The highest BCUT2D eigenvalue weighted by Gasteiger charge is 2.26. The Balaban J connectivity index is 2.06. The van der Waals surface area contributed by atoms with Crippen LogP contribution in [0, 0.1) is 0 Å². The summed E-state index contributed by atoms with van der Waals surface area (Å²) in [5.74, 6) is 0.929. The van der Waals surface area contributed by atoms with E-state index in [9.17, 15) is 0 Å². The van der Waals surface area contributed by atoms with Crippen LogP contribution in [-0.4, -0.2) is 37.7 Å². The van der Waals surface area contributed by atoms with Gasteiger partial charge in [0.1, 0.15) is 5.75 Å². The maximum atomic E-state index is 6.32. The number of hydrogen-bond acceptors (Lipinski definition) is 3. The van der Waals surface area contributed by atoms with E-state index in [0.29, 0.717) is 16.7 Å². The molecule has 0 radical (unpaired) electrons. The summed E-state index contributed by atoms with van der Waals surface area (Å²) in [4.78, 5) is 2.50. The van der Waals surface area contributed by atoms with E-state index >= 15 is 0 Å². The van der Waals surface area contributed by atoms with Crippen LogP contribution in [0.4, 0.5) is 0 Å². The van der Waals surface area contributed by atoms with Gasteiger partial charge in [-0.2, -0.15) is 0 Å². The van der Waals surface area contributed by atoms with Crippen LogP contribution in [-0.2, 0) is 0 Å². The van der Waals surface area contributed by atoms with E-state index in [0.717, 1.165) is 43.9 Å². The Kier molecular flexibility index (Phi) is 6.60. The minimum atomic E-state index is 0.0948. The van der Waals surface area contributed by atoms with E-state index in [-0.39, 0.29) is 6.04 Å².